The van der Waals surface area contributed by atoms with Gasteiger partial charge in [-0.1, -0.05) is 0 Å². The van der Waals surface area contributed by atoms with Crippen molar-refractivity contribution in [1.82, 2.24) is 0 Å². The van der Waals surface area contributed by atoms with E-state index in [0.29, 0.717) is 0 Å². The van der Waals surface area contributed by atoms with Gasteiger partial charge in [0.2, 0.25) is 0 Å². The number of rotatable bonds is 19. The highest BCUT2D eigenvalue weighted by atomic mass is 127. The van der Waals surface area contributed by atoms with Gasteiger partial charge in [-0.25, -0.2) is 0 Å². The highest BCUT2D eigenvalue weighted by Gasteiger charge is 3.03. The maximum atomic E-state index is 14.0. The quantitative estimate of drug-likeness (QED) is 0.0687. The normalized spacial score (nSPS) is 17.5. The second-order valence-electron chi connectivity index (χ2n) is 11.9. The zero-order valence-corrected chi connectivity index (χ0v) is 29.3. The fraction of sp³-hybridized carbons (Fsp3) is 1.00. The van der Waals surface area contributed by atoms with Crippen LogP contribution in [-0.2, 0) is 0 Å². The molecule has 0 atom stereocenters. The van der Waals surface area contributed by atoms with E-state index in [1.54, 1.807) is 0 Å². The first-order valence-corrected chi connectivity index (χ1v) is 14.4. The van der Waals surface area contributed by atoms with Crippen molar-refractivity contribution in [1.29, 1.82) is 0 Å². The zero-order valence-electron chi connectivity index (χ0n) is 27.1. The summed E-state index contributed by atoms with van der Waals surface area (Å²) in [5, 5.41) is 0. The second kappa shape index (κ2) is 14.9. The van der Waals surface area contributed by atoms with E-state index in [4.69, 9.17) is 0 Å². The third-order valence-corrected chi connectivity index (χ3v) is 8.49. The van der Waals surface area contributed by atoms with Crippen molar-refractivity contribution in [2.75, 3.05) is 0 Å². The van der Waals surface area contributed by atoms with E-state index in [0.717, 1.165) is 0 Å². The van der Waals surface area contributed by atoms with Crippen LogP contribution in [0.4, 0.5) is 189 Å². The van der Waals surface area contributed by atoms with Gasteiger partial charge in [0.05, 0.1) is 0 Å². The molecule has 0 radical (unpaired) electrons. The van der Waals surface area contributed by atoms with E-state index in [2.05, 4.69) is 0 Å². The summed E-state index contributed by atoms with van der Waals surface area (Å²) in [6, 6.07) is 0. The molecule has 0 heterocycles. The molecule has 392 valence electrons. The fourth-order valence-electron chi connectivity index (χ4n) is 3.71. The summed E-state index contributed by atoms with van der Waals surface area (Å²) < 4.78 is 575. The van der Waals surface area contributed by atoms with Crippen molar-refractivity contribution in [2.45, 2.75) is 123 Å². The highest BCUT2D eigenvalue weighted by Crippen LogP contribution is 2.71. The van der Waals surface area contributed by atoms with Crippen LogP contribution in [0.3, 0.4) is 0 Å². The predicted octanol–water partition coefficient (Wildman–Crippen LogP) is 14.6. The van der Waals surface area contributed by atoms with Gasteiger partial charge in [0.25, 0.3) is 0 Å². The van der Waals surface area contributed by atoms with Crippen LogP contribution in [0.25, 0.3) is 0 Å². The lowest BCUT2D eigenvalue weighted by molar-refractivity contribution is -0.496. The van der Waals surface area contributed by atoms with E-state index in [1.165, 1.54) is 0 Å². The molecule has 0 aromatic carbocycles. The number of halogens is 44. The first-order valence-electron chi connectivity index (χ1n) is 13.3. The third-order valence-electron chi connectivity index (χ3n) is 7.81. The van der Waals surface area contributed by atoms with Crippen molar-refractivity contribution in [2.24, 2.45) is 0 Å². The molecule has 0 aromatic heterocycles. The van der Waals surface area contributed by atoms with Crippen molar-refractivity contribution >= 4 is 22.6 Å². The van der Waals surface area contributed by atoms with Crippen LogP contribution in [0.15, 0.2) is 0 Å². The van der Waals surface area contributed by atoms with Crippen molar-refractivity contribution in [3.63, 3.8) is 0 Å². The fourth-order valence-corrected chi connectivity index (χ4v) is 4.05. The molecule has 0 aliphatic carbocycles. The van der Waals surface area contributed by atoms with Gasteiger partial charge in [-0.3, -0.25) is 0 Å². The Morgan fingerprint density at radius 3 is 0.277 bits per heavy atom. The first-order chi connectivity index (χ1) is 27.0. The molecule has 0 saturated carbocycles. The molecule has 0 N–H and O–H groups in total. The molecular formula is C21F43I. The Morgan fingerprint density at radius 1 is 0.123 bits per heavy atom. The van der Waals surface area contributed by atoms with Gasteiger partial charge in [0.15, 0.2) is 0 Å². The van der Waals surface area contributed by atoms with E-state index >= 15 is 0 Å². The summed E-state index contributed by atoms with van der Waals surface area (Å²) in [6.07, 6.45) is -8.55. The zero-order chi connectivity index (χ0) is 54.5. The molecule has 44 heteroatoms. The average Bonchev–Trinajstić information content (AvgIpc) is 3.05. The summed E-state index contributed by atoms with van der Waals surface area (Å²) in [5.41, 5.74) is 0. The SMILES string of the molecule is FC(F)(F)C(F)(F)C(F)(F)C(F)(F)C(F)(F)C(F)(F)C(F)(F)C(F)(F)C(F)(F)C(F)(F)C(F)(F)C(F)(F)C(F)(F)C(F)(F)C(F)(F)C(F)(F)C(F)(F)C(F)(F)C(F)(F)C(F)(F)C(F)(F)I. The van der Waals surface area contributed by atoms with Gasteiger partial charge >= 0.3 is 123 Å². The number of hydrogen-bond acceptors (Lipinski definition) is 0. The summed E-state index contributed by atoms with van der Waals surface area (Å²) in [6.45, 7) is 0. The molecule has 0 saturated heterocycles. The highest BCUT2D eigenvalue weighted by molar-refractivity contribution is 14.1. The van der Waals surface area contributed by atoms with E-state index in [-0.39, 0.29) is 0 Å². The second-order valence-corrected chi connectivity index (χ2v) is 13.3. The van der Waals surface area contributed by atoms with Gasteiger partial charge in [-0.15, -0.1) is 0 Å². The molecule has 0 aliphatic rings. The minimum absolute atomic E-state index is 1.51. The van der Waals surface area contributed by atoms with Crippen molar-refractivity contribution in [3.8, 4) is 0 Å². The van der Waals surface area contributed by atoms with Crippen molar-refractivity contribution in [3.05, 3.63) is 0 Å². The maximum Gasteiger partial charge on any atom is 0.460 e. The Morgan fingerprint density at radius 2 is 0.200 bits per heavy atom. The van der Waals surface area contributed by atoms with Gasteiger partial charge in [-0.05, 0) is 0 Å². The molecular weight excluding hydrogens is 1200 g/mol. The standard InChI is InChI=1S/C21F43I/c22-1(23,2(24,25)4(28,29)6(32,33)8(36,37)10(40,41)12(44,45)14(48,49)16(52,53)18(56,57)20(60,61)62)3(26,27)5(30,31)7(34,35)9(38,39)11(42,43)13(46,47)15(50,51)17(54,55)19(58,59)21(63,64)65. The Hall–Kier alpha value is -2.28. The average molecular weight is 1200 g/mol. The summed E-state index contributed by atoms with van der Waals surface area (Å²) in [7, 11) is 0. The minimum Gasteiger partial charge on any atom is -0.192 e. The van der Waals surface area contributed by atoms with Gasteiger partial charge in [-0.2, -0.15) is 189 Å². The molecule has 0 spiro atoms. The Kier molecular flexibility index (Phi) is 14.3. The molecule has 0 bridgehead atoms. The number of alkyl halides is 44. The molecule has 0 aliphatic heterocycles. The monoisotopic (exact) mass is 1200 g/mol. The van der Waals surface area contributed by atoms with Crippen LogP contribution in [-0.4, -0.2) is 123 Å². The largest absolute Gasteiger partial charge is 0.460 e. The Bertz CT molecular complexity index is 1610. The minimum atomic E-state index is -10.7. The smallest absolute Gasteiger partial charge is 0.192 e. The molecule has 0 fully saturated rings. The number of hydrogen-bond donors (Lipinski definition) is 0. The van der Waals surface area contributed by atoms with Crippen LogP contribution in [0.5, 0.6) is 0 Å². The van der Waals surface area contributed by atoms with Crippen LogP contribution < -0.4 is 0 Å². The summed E-state index contributed by atoms with van der Waals surface area (Å²) >= 11 is -1.51. The van der Waals surface area contributed by atoms with Gasteiger partial charge in [0.1, 0.15) is 0 Å². The summed E-state index contributed by atoms with van der Waals surface area (Å²) in [5.74, 6) is -192. The molecule has 65 heavy (non-hydrogen) atoms. The van der Waals surface area contributed by atoms with Crippen LogP contribution in [0.2, 0.25) is 0 Å². The lowest BCUT2D eigenvalue weighted by Crippen LogP contribution is -2.80. The van der Waals surface area contributed by atoms with E-state index in [9.17, 15) is 189 Å². The Labute approximate surface area is 334 Å². The Balaban J connectivity index is 8.03. The van der Waals surface area contributed by atoms with Crippen LogP contribution >= 0.6 is 22.6 Å². The first kappa shape index (κ1) is 62.7. The molecule has 0 unspecified atom stereocenters. The van der Waals surface area contributed by atoms with Crippen molar-refractivity contribution < 1.29 is 189 Å². The molecule has 0 aromatic rings. The molecule has 0 rings (SSSR count). The van der Waals surface area contributed by atoms with Crippen LogP contribution in [0.1, 0.15) is 0 Å². The van der Waals surface area contributed by atoms with Crippen LogP contribution in [0, 0.1) is 0 Å². The predicted molar refractivity (Wildman–Crippen MR) is 119 cm³/mol. The lowest BCUT2D eigenvalue weighted by atomic mass is 9.81. The molecule has 0 amide bonds. The third kappa shape index (κ3) is 6.97. The van der Waals surface area contributed by atoms with Gasteiger partial charge in [0, 0.05) is 22.6 Å². The van der Waals surface area contributed by atoms with E-state index in [1.807, 2.05) is 0 Å². The molecule has 0 nitrogen and oxygen atoms in total. The maximum absolute atomic E-state index is 14.0. The van der Waals surface area contributed by atoms with E-state index < -0.39 is 145 Å². The van der Waals surface area contributed by atoms with Gasteiger partial charge < -0.3 is 0 Å². The summed E-state index contributed by atoms with van der Waals surface area (Å²) in [4.78, 5) is 0. The topological polar surface area (TPSA) is 0 Å². The lowest BCUT2D eigenvalue weighted by Gasteiger charge is -2.47.